The number of aryl methyl sites for hydroxylation is 1. The molecular formula is C20H22N4O2. The molecule has 0 saturated heterocycles. The molecule has 0 radical (unpaired) electrons. The summed E-state index contributed by atoms with van der Waals surface area (Å²) in [6.45, 7) is 4.47. The van der Waals surface area contributed by atoms with Gasteiger partial charge in [-0.3, -0.25) is 0 Å². The van der Waals surface area contributed by atoms with E-state index in [1.165, 1.54) is 0 Å². The number of nitrogens with zero attached hydrogens (tertiary/aromatic N) is 2. The van der Waals surface area contributed by atoms with Crippen molar-refractivity contribution in [3.05, 3.63) is 60.4 Å². The lowest BCUT2D eigenvalue weighted by atomic mass is 10.3. The van der Waals surface area contributed by atoms with Crippen molar-refractivity contribution in [3.8, 4) is 11.5 Å². The highest BCUT2D eigenvalue weighted by atomic mass is 16.5. The molecule has 0 aliphatic heterocycles. The Balaban J connectivity index is 1.79. The number of rotatable bonds is 7. The van der Waals surface area contributed by atoms with Gasteiger partial charge in [-0.25, -0.2) is 9.97 Å². The quantitative estimate of drug-likeness (QED) is 0.645. The highest BCUT2D eigenvalue weighted by Gasteiger charge is 2.06. The van der Waals surface area contributed by atoms with Gasteiger partial charge in [-0.05, 0) is 50.2 Å². The van der Waals surface area contributed by atoms with Gasteiger partial charge in [-0.15, -0.1) is 0 Å². The fourth-order valence-electron chi connectivity index (χ4n) is 2.53. The second kappa shape index (κ2) is 8.20. The van der Waals surface area contributed by atoms with Crippen molar-refractivity contribution in [2.45, 2.75) is 13.8 Å². The normalized spacial score (nSPS) is 10.3. The fraction of sp³-hybridized carbons (Fsp3) is 0.200. The van der Waals surface area contributed by atoms with Crippen LogP contribution < -0.4 is 20.1 Å². The monoisotopic (exact) mass is 350 g/mol. The number of para-hydroxylation sites is 2. The molecule has 1 heterocycles. The lowest BCUT2D eigenvalue weighted by Crippen LogP contribution is -2.02. The predicted molar refractivity (Wildman–Crippen MR) is 104 cm³/mol. The molecule has 0 amide bonds. The number of nitrogens with one attached hydrogen (secondary N) is 2. The summed E-state index contributed by atoms with van der Waals surface area (Å²) < 4.78 is 10.8. The zero-order valence-corrected chi connectivity index (χ0v) is 15.1. The molecule has 2 aromatic carbocycles. The predicted octanol–water partition coefficient (Wildman–Crippen LogP) is 4.68. The van der Waals surface area contributed by atoms with E-state index in [-0.39, 0.29) is 0 Å². The van der Waals surface area contributed by atoms with Crippen LogP contribution in [-0.4, -0.2) is 23.7 Å². The molecule has 0 aliphatic rings. The number of hydrogen-bond acceptors (Lipinski definition) is 6. The Morgan fingerprint density at radius 1 is 0.923 bits per heavy atom. The third kappa shape index (κ3) is 4.42. The molecule has 0 saturated carbocycles. The zero-order chi connectivity index (χ0) is 18.4. The zero-order valence-electron chi connectivity index (χ0n) is 15.1. The Hall–Kier alpha value is -3.28. The first-order chi connectivity index (χ1) is 12.7. The molecule has 0 bridgehead atoms. The summed E-state index contributed by atoms with van der Waals surface area (Å²) in [6, 6.07) is 17.3. The molecular weight excluding hydrogens is 328 g/mol. The number of hydrogen-bond donors (Lipinski definition) is 2. The molecule has 26 heavy (non-hydrogen) atoms. The minimum Gasteiger partial charge on any atom is -0.495 e. The summed E-state index contributed by atoms with van der Waals surface area (Å²) in [7, 11) is 1.64. The van der Waals surface area contributed by atoms with E-state index in [0.717, 1.165) is 22.9 Å². The van der Waals surface area contributed by atoms with Crippen LogP contribution in [0.3, 0.4) is 0 Å². The lowest BCUT2D eigenvalue weighted by molar-refractivity contribution is 0.340. The van der Waals surface area contributed by atoms with E-state index in [9.17, 15) is 0 Å². The summed E-state index contributed by atoms with van der Waals surface area (Å²) in [5, 5.41) is 6.57. The van der Waals surface area contributed by atoms with Gasteiger partial charge in [0, 0.05) is 11.8 Å². The van der Waals surface area contributed by atoms with Gasteiger partial charge < -0.3 is 20.1 Å². The first-order valence-electron chi connectivity index (χ1n) is 8.43. The van der Waals surface area contributed by atoms with Crippen LogP contribution in [0.25, 0.3) is 0 Å². The topological polar surface area (TPSA) is 68.3 Å². The molecule has 0 fully saturated rings. The summed E-state index contributed by atoms with van der Waals surface area (Å²) >= 11 is 0. The number of anilines is 4. The first-order valence-corrected chi connectivity index (χ1v) is 8.43. The Morgan fingerprint density at radius 2 is 1.62 bits per heavy atom. The van der Waals surface area contributed by atoms with Crippen molar-refractivity contribution >= 4 is 23.0 Å². The van der Waals surface area contributed by atoms with Gasteiger partial charge in [0.25, 0.3) is 0 Å². The van der Waals surface area contributed by atoms with Crippen LogP contribution in [0, 0.1) is 6.92 Å². The van der Waals surface area contributed by atoms with Gasteiger partial charge in [-0.2, -0.15) is 0 Å². The standard InChI is InChI=1S/C20H22N4O2/c1-4-26-16-11-9-15(10-12-16)23-19-13-20(22-14(2)21-19)24-17-7-5-6-8-18(17)25-3/h5-13H,4H2,1-3H3,(H2,21,22,23,24). The number of methoxy groups -OCH3 is 1. The minimum absolute atomic E-state index is 0.649. The molecule has 2 N–H and O–H groups in total. The Bertz CT molecular complexity index is 866. The van der Waals surface area contributed by atoms with E-state index < -0.39 is 0 Å². The molecule has 0 aliphatic carbocycles. The molecule has 3 rings (SSSR count). The number of ether oxygens (including phenoxy) is 2. The summed E-state index contributed by atoms with van der Waals surface area (Å²) in [6.07, 6.45) is 0. The van der Waals surface area contributed by atoms with Gasteiger partial charge in [0.2, 0.25) is 0 Å². The second-order valence-electron chi connectivity index (χ2n) is 5.59. The van der Waals surface area contributed by atoms with Crippen LogP contribution in [-0.2, 0) is 0 Å². The smallest absolute Gasteiger partial charge is 0.142 e. The average Bonchev–Trinajstić information content (AvgIpc) is 2.63. The van der Waals surface area contributed by atoms with E-state index in [1.54, 1.807) is 7.11 Å². The van der Waals surface area contributed by atoms with Gasteiger partial charge in [0.15, 0.2) is 0 Å². The molecule has 0 atom stereocenters. The summed E-state index contributed by atoms with van der Waals surface area (Å²) in [4.78, 5) is 8.89. The van der Waals surface area contributed by atoms with E-state index in [1.807, 2.05) is 68.4 Å². The molecule has 0 spiro atoms. The molecule has 3 aromatic rings. The van der Waals surface area contributed by atoms with Crippen molar-refractivity contribution in [3.63, 3.8) is 0 Å². The van der Waals surface area contributed by atoms with E-state index in [4.69, 9.17) is 9.47 Å². The molecule has 1 aromatic heterocycles. The molecule has 6 nitrogen and oxygen atoms in total. The van der Waals surface area contributed by atoms with Crippen molar-refractivity contribution in [1.29, 1.82) is 0 Å². The van der Waals surface area contributed by atoms with Crippen molar-refractivity contribution in [1.82, 2.24) is 9.97 Å². The maximum Gasteiger partial charge on any atom is 0.142 e. The van der Waals surface area contributed by atoms with Gasteiger partial charge >= 0.3 is 0 Å². The third-order valence-electron chi connectivity index (χ3n) is 3.65. The highest BCUT2D eigenvalue weighted by molar-refractivity contribution is 5.67. The van der Waals surface area contributed by atoms with E-state index in [0.29, 0.717) is 24.1 Å². The second-order valence-corrected chi connectivity index (χ2v) is 5.59. The maximum atomic E-state index is 5.46. The SMILES string of the molecule is CCOc1ccc(Nc2cc(Nc3ccccc3OC)nc(C)n2)cc1. The Kier molecular flexibility index (Phi) is 5.53. The van der Waals surface area contributed by atoms with Gasteiger partial charge in [0.05, 0.1) is 19.4 Å². The molecule has 0 unspecified atom stereocenters. The largest absolute Gasteiger partial charge is 0.495 e. The molecule has 6 heteroatoms. The maximum absolute atomic E-state index is 5.46. The van der Waals surface area contributed by atoms with E-state index in [2.05, 4.69) is 20.6 Å². The Labute approximate surface area is 153 Å². The van der Waals surface area contributed by atoms with Crippen LogP contribution >= 0.6 is 0 Å². The van der Waals surface area contributed by atoms with Crippen LogP contribution in [0.4, 0.5) is 23.0 Å². The van der Waals surface area contributed by atoms with Gasteiger partial charge in [-0.1, -0.05) is 12.1 Å². The van der Waals surface area contributed by atoms with Crippen molar-refractivity contribution in [2.75, 3.05) is 24.4 Å². The van der Waals surface area contributed by atoms with Crippen LogP contribution in [0.1, 0.15) is 12.7 Å². The number of aromatic nitrogens is 2. The minimum atomic E-state index is 0.649. The van der Waals surface area contributed by atoms with Crippen LogP contribution in [0.2, 0.25) is 0 Å². The summed E-state index contributed by atoms with van der Waals surface area (Å²) in [5.74, 6) is 3.66. The van der Waals surface area contributed by atoms with E-state index >= 15 is 0 Å². The Morgan fingerprint density at radius 3 is 2.31 bits per heavy atom. The highest BCUT2D eigenvalue weighted by Crippen LogP contribution is 2.27. The van der Waals surface area contributed by atoms with Crippen LogP contribution in [0.5, 0.6) is 11.5 Å². The lowest BCUT2D eigenvalue weighted by Gasteiger charge is -2.12. The fourth-order valence-corrected chi connectivity index (χ4v) is 2.53. The van der Waals surface area contributed by atoms with Crippen LogP contribution in [0.15, 0.2) is 54.6 Å². The summed E-state index contributed by atoms with van der Waals surface area (Å²) in [5.41, 5.74) is 1.77. The van der Waals surface area contributed by atoms with Crippen molar-refractivity contribution in [2.24, 2.45) is 0 Å². The van der Waals surface area contributed by atoms with Crippen molar-refractivity contribution < 1.29 is 9.47 Å². The molecule has 134 valence electrons. The van der Waals surface area contributed by atoms with Gasteiger partial charge in [0.1, 0.15) is 29.0 Å². The first kappa shape index (κ1) is 17.5. The average molecular weight is 350 g/mol. The third-order valence-corrected chi connectivity index (χ3v) is 3.65. The number of benzene rings is 2.